The van der Waals surface area contributed by atoms with E-state index in [9.17, 15) is 9.59 Å². The quantitative estimate of drug-likeness (QED) is 0.906. The van der Waals surface area contributed by atoms with Crippen LogP contribution in [0.1, 0.15) is 26.3 Å². The van der Waals surface area contributed by atoms with Gasteiger partial charge in [0.15, 0.2) is 0 Å². The van der Waals surface area contributed by atoms with E-state index in [1.165, 1.54) is 0 Å². The molecule has 0 saturated carbocycles. The highest BCUT2D eigenvalue weighted by Crippen LogP contribution is 2.27. The Hall–Kier alpha value is -2.59. The Balaban J connectivity index is 1.71. The number of Topliss-reactive ketones (excluding diaryl/α,β-unsaturated/α-hetero) is 2. The van der Waals surface area contributed by atoms with Crippen molar-refractivity contribution in [3.05, 3.63) is 76.0 Å². The minimum Gasteiger partial charge on any atom is -0.497 e. The zero-order valence-electron chi connectivity index (χ0n) is 13.1. The van der Waals surface area contributed by atoms with Crippen LogP contribution in [-0.4, -0.2) is 25.2 Å². The molecule has 0 bridgehead atoms. The molecule has 0 aromatic heterocycles. The predicted molar refractivity (Wildman–Crippen MR) is 92.7 cm³/mol. The Kier molecular flexibility index (Phi) is 4.67. The zero-order chi connectivity index (χ0) is 17.1. The molecule has 24 heavy (non-hydrogen) atoms. The van der Waals surface area contributed by atoms with Crippen LogP contribution in [0.5, 0.6) is 5.75 Å². The number of halogens is 1. The molecule has 2 aromatic rings. The maximum Gasteiger partial charge on any atom is 0.211 e. The third kappa shape index (κ3) is 3.05. The van der Waals surface area contributed by atoms with Gasteiger partial charge in [0.05, 0.1) is 7.11 Å². The van der Waals surface area contributed by atoms with Crippen molar-refractivity contribution >= 4 is 23.2 Å². The van der Waals surface area contributed by atoms with Crippen LogP contribution >= 0.6 is 11.6 Å². The standard InChI is InChI=1S/C19H16ClNO3/c1-24-13-8-6-12(7-9-13)10-11-21-17-16(20)18(22)14-4-2-3-5-15(14)19(17)23/h2-9,21H,10-11H2,1H3. The van der Waals surface area contributed by atoms with E-state index in [-0.39, 0.29) is 22.3 Å². The molecule has 0 fully saturated rings. The SMILES string of the molecule is COc1ccc(CCNC2=C(Cl)C(=O)c3ccccc3C2=O)cc1. The molecule has 0 spiro atoms. The van der Waals surface area contributed by atoms with Crippen LogP contribution in [0, 0.1) is 0 Å². The van der Waals surface area contributed by atoms with E-state index >= 15 is 0 Å². The minimum atomic E-state index is -0.321. The van der Waals surface area contributed by atoms with Crippen molar-refractivity contribution in [1.82, 2.24) is 5.32 Å². The minimum absolute atomic E-state index is 0.0477. The van der Waals surface area contributed by atoms with Crippen LogP contribution in [0.15, 0.2) is 59.3 Å². The first-order valence-corrected chi connectivity index (χ1v) is 7.94. The number of benzene rings is 2. The van der Waals surface area contributed by atoms with Gasteiger partial charge >= 0.3 is 0 Å². The van der Waals surface area contributed by atoms with E-state index in [0.29, 0.717) is 24.1 Å². The van der Waals surface area contributed by atoms with E-state index in [2.05, 4.69) is 5.32 Å². The number of ketones is 2. The highest BCUT2D eigenvalue weighted by atomic mass is 35.5. The summed E-state index contributed by atoms with van der Waals surface area (Å²) in [4.78, 5) is 24.8. The second-order valence-corrected chi connectivity index (χ2v) is 5.80. The van der Waals surface area contributed by atoms with E-state index in [0.717, 1.165) is 11.3 Å². The van der Waals surface area contributed by atoms with Crippen LogP contribution in [-0.2, 0) is 6.42 Å². The smallest absolute Gasteiger partial charge is 0.211 e. The van der Waals surface area contributed by atoms with E-state index in [1.807, 2.05) is 24.3 Å². The molecule has 1 aliphatic rings. The third-order valence-corrected chi connectivity index (χ3v) is 4.30. The molecule has 0 atom stereocenters. The molecule has 2 aromatic carbocycles. The first-order chi connectivity index (χ1) is 11.6. The van der Waals surface area contributed by atoms with Gasteiger partial charge < -0.3 is 10.1 Å². The van der Waals surface area contributed by atoms with Crippen LogP contribution in [0.4, 0.5) is 0 Å². The fourth-order valence-corrected chi connectivity index (χ4v) is 2.88. The Morgan fingerprint density at radius 2 is 1.58 bits per heavy atom. The van der Waals surface area contributed by atoms with E-state index < -0.39 is 0 Å². The molecule has 0 heterocycles. The van der Waals surface area contributed by atoms with Crippen molar-refractivity contribution in [3.8, 4) is 5.75 Å². The number of rotatable bonds is 5. The first kappa shape index (κ1) is 16.3. The maximum atomic E-state index is 12.5. The molecule has 0 saturated heterocycles. The lowest BCUT2D eigenvalue weighted by Crippen LogP contribution is -2.30. The van der Waals surface area contributed by atoms with Gasteiger partial charge in [-0.1, -0.05) is 48.0 Å². The highest BCUT2D eigenvalue weighted by molar-refractivity contribution is 6.49. The number of ether oxygens (including phenoxy) is 1. The molecule has 0 unspecified atom stereocenters. The summed E-state index contributed by atoms with van der Waals surface area (Å²) >= 11 is 6.11. The fourth-order valence-electron chi connectivity index (χ4n) is 2.63. The number of carbonyl (C=O) groups is 2. The van der Waals surface area contributed by atoms with Crippen molar-refractivity contribution in [2.75, 3.05) is 13.7 Å². The summed E-state index contributed by atoms with van der Waals surface area (Å²) in [5, 5.41) is 2.97. The molecule has 1 aliphatic carbocycles. The molecule has 0 amide bonds. The van der Waals surface area contributed by atoms with Gasteiger partial charge in [-0.05, 0) is 24.1 Å². The third-order valence-electron chi connectivity index (χ3n) is 3.94. The average Bonchev–Trinajstić information content (AvgIpc) is 2.63. The number of nitrogens with one attached hydrogen (secondary N) is 1. The maximum absolute atomic E-state index is 12.5. The second-order valence-electron chi connectivity index (χ2n) is 5.42. The normalized spacial score (nSPS) is 13.8. The first-order valence-electron chi connectivity index (χ1n) is 7.57. The summed E-state index contributed by atoms with van der Waals surface area (Å²) in [6.45, 7) is 0.499. The lowest BCUT2D eigenvalue weighted by molar-refractivity contribution is 0.0975. The molecule has 3 rings (SSSR count). The molecule has 1 N–H and O–H groups in total. The van der Waals surface area contributed by atoms with Gasteiger partial charge in [-0.25, -0.2) is 0 Å². The van der Waals surface area contributed by atoms with Crippen molar-refractivity contribution in [2.45, 2.75) is 6.42 Å². The van der Waals surface area contributed by atoms with Crippen molar-refractivity contribution in [3.63, 3.8) is 0 Å². The van der Waals surface area contributed by atoms with Gasteiger partial charge in [-0.15, -0.1) is 0 Å². The molecule has 5 heteroatoms. The topological polar surface area (TPSA) is 55.4 Å². The average molecular weight is 342 g/mol. The summed E-state index contributed by atoms with van der Waals surface area (Å²) < 4.78 is 5.12. The fraction of sp³-hybridized carbons (Fsp3) is 0.158. The number of carbonyl (C=O) groups excluding carboxylic acids is 2. The Bertz CT molecular complexity index is 825. The highest BCUT2D eigenvalue weighted by Gasteiger charge is 2.30. The van der Waals surface area contributed by atoms with Crippen LogP contribution in [0.3, 0.4) is 0 Å². The molecular weight excluding hydrogens is 326 g/mol. The predicted octanol–water partition coefficient (Wildman–Crippen LogP) is 3.36. The molecule has 0 aliphatic heterocycles. The lowest BCUT2D eigenvalue weighted by Gasteiger charge is -2.18. The second kappa shape index (κ2) is 6.89. The van der Waals surface area contributed by atoms with Crippen molar-refractivity contribution in [2.24, 2.45) is 0 Å². The van der Waals surface area contributed by atoms with Gasteiger partial charge in [0.2, 0.25) is 11.6 Å². The Labute approximate surface area is 145 Å². The lowest BCUT2D eigenvalue weighted by atomic mass is 9.92. The number of hydrogen-bond acceptors (Lipinski definition) is 4. The summed E-state index contributed by atoms with van der Waals surface area (Å²) in [7, 11) is 1.62. The monoisotopic (exact) mass is 341 g/mol. The van der Waals surface area contributed by atoms with Gasteiger partial charge in [0, 0.05) is 17.7 Å². The molecular formula is C19H16ClNO3. The van der Waals surface area contributed by atoms with Gasteiger partial charge in [0.1, 0.15) is 16.5 Å². The zero-order valence-corrected chi connectivity index (χ0v) is 13.9. The Morgan fingerprint density at radius 1 is 0.958 bits per heavy atom. The Morgan fingerprint density at radius 3 is 2.21 bits per heavy atom. The van der Waals surface area contributed by atoms with Crippen LogP contribution < -0.4 is 10.1 Å². The van der Waals surface area contributed by atoms with Gasteiger partial charge in [-0.3, -0.25) is 9.59 Å². The van der Waals surface area contributed by atoms with Gasteiger partial charge in [-0.2, -0.15) is 0 Å². The molecule has 122 valence electrons. The van der Waals surface area contributed by atoms with Crippen LogP contribution in [0.2, 0.25) is 0 Å². The van der Waals surface area contributed by atoms with E-state index in [1.54, 1.807) is 31.4 Å². The number of hydrogen-bond donors (Lipinski definition) is 1. The summed E-state index contributed by atoms with van der Waals surface area (Å²) in [5.74, 6) is 0.228. The molecule has 4 nitrogen and oxygen atoms in total. The largest absolute Gasteiger partial charge is 0.497 e. The number of methoxy groups -OCH3 is 1. The van der Waals surface area contributed by atoms with E-state index in [4.69, 9.17) is 16.3 Å². The summed E-state index contributed by atoms with van der Waals surface area (Å²) in [6.07, 6.45) is 0.695. The summed E-state index contributed by atoms with van der Waals surface area (Å²) in [6, 6.07) is 14.4. The molecule has 0 radical (unpaired) electrons. The van der Waals surface area contributed by atoms with Crippen LogP contribution in [0.25, 0.3) is 0 Å². The summed E-state index contributed by atoms with van der Waals surface area (Å²) in [5.41, 5.74) is 2.01. The van der Waals surface area contributed by atoms with Gasteiger partial charge in [0.25, 0.3) is 0 Å². The number of allylic oxidation sites excluding steroid dienone is 2. The number of fused-ring (bicyclic) bond motifs is 1. The van der Waals surface area contributed by atoms with Crippen molar-refractivity contribution in [1.29, 1.82) is 0 Å². The van der Waals surface area contributed by atoms with Crippen molar-refractivity contribution < 1.29 is 14.3 Å².